The van der Waals surface area contributed by atoms with E-state index in [0.717, 1.165) is 10.6 Å². The molecule has 122 valence electrons. The van der Waals surface area contributed by atoms with Gasteiger partial charge in [-0.25, -0.2) is 4.98 Å². The monoisotopic (exact) mass is 335 g/mol. The summed E-state index contributed by atoms with van der Waals surface area (Å²) in [5.41, 5.74) is 0.383. The van der Waals surface area contributed by atoms with Crippen molar-refractivity contribution in [3.63, 3.8) is 0 Å². The van der Waals surface area contributed by atoms with Crippen molar-refractivity contribution >= 4 is 28.2 Å². The van der Waals surface area contributed by atoms with Gasteiger partial charge in [-0.05, 0) is 33.1 Å². The predicted octanol–water partition coefficient (Wildman–Crippen LogP) is 1.36. The van der Waals surface area contributed by atoms with Crippen molar-refractivity contribution in [2.45, 2.75) is 39.2 Å². The van der Waals surface area contributed by atoms with Gasteiger partial charge in [-0.2, -0.15) is 0 Å². The summed E-state index contributed by atoms with van der Waals surface area (Å²) in [6.07, 6.45) is 2.84. The quantitative estimate of drug-likeness (QED) is 0.882. The molecule has 0 spiro atoms. The average molecular weight is 335 g/mol. The zero-order valence-corrected chi connectivity index (χ0v) is 13.6. The lowest BCUT2D eigenvalue weighted by Gasteiger charge is -2.12. The molecule has 2 atom stereocenters. The maximum atomic E-state index is 12.5. The number of amides is 1. The van der Waals surface area contributed by atoms with Gasteiger partial charge in [-0.3, -0.25) is 18.8 Å². The number of fused-ring (bicyclic) bond motifs is 1. The standard InChI is InChI=1S/C15H17N3O4S/c1-7-8(2)23-15-16-6-11(13(20)18(7)15)12(19)17-10-4-3-9(5-10)14(21)22/h6,9-10H,3-5H2,1-2H3,(H,17,19)(H,21,22)/t9-,10+/m0/s1. The maximum absolute atomic E-state index is 12.5. The molecule has 2 aromatic rings. The lowest BCUT2D eigenvalue weighted by Crippen LogP contribution is -2.37. The highest BCUT2D eigenvalue weighted by Crippen LogP contribution is 2.25. The summed E-state index contributed by atoms with van der Waals surface area (Å²) >= 11 is 1.40. The summed E-state index contributed by atoms with van der Waals surface area (Å²) in [6, 6.07) is -0.214. The molecule has 0 bridgehead atoms. The van der Waals surface area contributed by atoms with Gasteiger partial charge in [0.15, 0.2) is 4.96 Å². The molecule has 2 N–H and O–H groups in total. The van der Waals surface area contributed by atoms with E-state index in [1.807, 2.05) is 13.8 Å². The minimum Gasteiger partial charge on any atom is -0.481 e. The third kappa shape index (κ3) is 2.74. The summed E-state index contributed by atoms with van der Waals surface area (Å²) < 4.78 is 1.45. The van der Waals surface area contributed by atoms with Crippen molar-refractivity contribution in [1.82, 2.24) is 14.7 Å². The van der Waals surface area contributed by atoms with Crippen molar-refractivity contribution in [3.05, 3.63) is 32.7 Å². The highest BCUT2D eigenvalue weighted by Gasteiger charge is 2.31. The molecular formula is C15H17N3O4S. The van der Waals surface area contributed by atoms with Gasteiger partial charge < -0.3 is 10.4 Å². The lowest BCUT2D eigenvalue weighted by molar-refractivity contribution is -0.141. The Hall–Kier alpha value is -2.22. The number of carbonyl (C=O) groups is 2. The predicted molar refractivity (Wildman–Crippen MR) is 85.0 cm³/mol. The van der Waals surface area contributed by atoms with Gasteiger partial charge in [0, 0.05) is 22.8 Å². The molecule has 8 heteroatoms. The van der Waals surface area contributed by atoms with Crippen LogP contribution in [0.25, 0.3) is 4.96 Å². The van der Waals surface area contributed by atoms with Gasteiger partial charge in [0.25, 0.3) is 11.5 Å². The molecule has 1 saturated carbocycles. The van der Waals surface area contributed by atoms with Crippen molar-refractivity contribution in [3.8, 4) is 0 Å². The Labute approximate surface area is 136 Å². The number of hydrogen-bond donors (Lipinski definition) is 2. The first-order chi connectivity index (χ1) is 10.9. The molecule has 7 nitrogen and oxygen atoms in total. The lowest BCUT2D eigenvalue weighted by atomic mass is 10.1. The second kappa shape index (κ2) is 5.77. The normalized spacial score (nSPS) is 20.8. The van der Waals surface area contributed by atoms with E-state index >= 15 is 0 Å². The van der Waals surface area contributed by atoms with E-state index in [9.17, 15) is 14.4 Å². The van der Waals surface area contributed by atoms with Gasteiger partial charge in [0.1, 0.15) is 5.56 Å². The molecule has 0 unspecified atom stereocenters. The molecular weight excluding hydrogens is 318 g/mol. The second-order valence-corrected chi connectivity index (χ2v) is 7.04. The highest BCUT2D eigenvalue weighted by molar-refractivity contribution is 7.17. The smallest absolute Gasteiger partial charge is 0.306 e. The molecule has 0 saturated heterocycles. The number of aliphatic carboxylic acids is 1. The average Bonchev–Trinajstić information content (AvgIpc) is 3.05. The van der Waals surface area contributed by atoms with E-state index in [4.69, 9.17) is 5.11 Å². The number of hydrogen-bond acceptors (Lipinski definition) is 5. The van der Waals surface area contributed by atoms with Gasteiger partial charge >= 0.3 is 5.97 Å². The van der Waals surface area contributed by atoms with Crippen molar-refractivity contribution < 1.29 is 14.7 Å². The van der Waals surface area contributed by atoms with Crippen LogP contribution in [0.5, 0.6) is 0 Å². The van der Waals surface area contributed by atoms with Crippen LogP contribution < -0.4 is 10.9 Å². The van der Waals surface area contributed by atoms with Crippen LogP contribution in [0.15, 0.2) is 11.0 Å². The molecule has 2 aromatic heterocycles. The van der Waals surface area contributed by atoms with Crippen molar-refractivity contribution in [1.29, 1.82) is 0 Å². The third-order valence-electron chi connectivity index (χ3n) is 4.38. The van der Waals surface area contributed by atoms with E-state index in [-0.39, 0.29) is 17.2 Å². The minimum atomic E-state index is -0.839. The first-order valence-electron chi connectivity index (χ1n) is 7.40. The number of thiazole rings is 1. The second-order valence-electron chi connectivity index (χ2n) is 5.86. The Morgan fingerprint density at radius 3 is 2.78 bits per heavy atom. The van der Waals surface area contributed by atoms with E-state index in [0.29, 0.717) is 24.2 Å². The number of nitrogens with one attached hydrogen (secondary N) is 1. The van der Waals surface area contributed by atoms with E-state index in [1.54, 1.807) is 0 Å². The van der Waals surface area contributed by atoms with Gasteiger partial charge in [-0.15, -0.1) is 11.3 Å². The molecule has 1 fully saturated rings. The van der Waals surface area contributed by atoms with Crippen molar-refractivity contribution in [2.24, 2.45) is 5.92 Å². The first kappa shape index (κ1) is 15.7. The number of nitrogens with zero attached hydrogens (tertiary/aromatic N) is 2. The third-order valence-corrected chi connectivity index (χ3v) is 5.45. The SMILES string of the molecule is Cc1sc2ncc(C(=O)N[C@@H]3CC[C@H](C(=O)O)C3)c(=O)n2c1C. The largest absolute Gasteiger partial charge is 0.481 e. The summed E-state index contributed by atoms with van der Waals surface area (Å²) in [5, 5.41) is 11.8. The Balaban J connectivity index is 1.85. The Morgan fingerprint density at radius 1 is 1.39 bits per heavy atom. The molecule has 2 heterocycles. The van der Waals surface area contributed by atoms with E-state index in [2.05, 4.69) is 10.3 Å². The Kier molecular flexibility index (Phi) is 3.93. The Morgan fingerprint density at radius 2 is 2.13 bits per heavy atom. The van der Waals surface area contributed by atoms with Crippen LogP contribution in [-0.4, -0.2) is 32.4 Å². The summed E-state index contributed by atoms with van der Waals surface area (Å²) in [6.45, 7) is 3.72. The Bertz CT molecular complexity index is 854. The summed E-state index contributed by atoms with van der Waals surface area (Å²) in [5.74, 6) is -1.76. The van der Waals surface area contributed by atoms with Crippen LogP contribution in [0.4, 0.5) is 0 Å². The number of aryl methyl sites for hydroxylation is 2. The van der Waals surface area contributed by atoms with Crippen LogP contribution in [0, 0.1) is 19.8 Å². The molecule has 0 radical (unpaired) electrons. The summed E-state index contributed by atoms with van der Waals surface area (Å²) in [4.78, 5) is 41.6. The van der Waals surface area contributed by atoms with Gasteiger partial charge in [0.05, 0.1) is 5.92 Å². The molecule has 1 aliphatic carbocycles. The highest BCUT2D eigenvalue weighted by atomic mass is 32.1. The van der Waals surface area contributed by atoms with Crippen LogP contribution in [-0.2, 0) is 4.79 Å². The molecule has 1 aliphatic rings. The van der Waals surface area contributed by atoms with Gasteiger partial charge in [0.2, 0.25) is 0 Å². The van der Waals surface area contributed by atoms with Crippen LogP contribution in [0.2, 0.25) is 0 Å². The first-order valence-corrected chi connectivity index (χ1v) is 8.21. The van der Waals surface area contributed by atoms with Crippen LogP contribution >= 0.6 is 11.3 Å². The molecule has 23 heavy (non-hydrogen) atoms. The molecule has 1 amide bonds. The fourth-order valence-corrected chi connectivity index (χ4v) is 3.86. The van der Waals surface area contributed by atoms with Crippen LogP contribution in [0.3, 0.4) is 0 Å². The fourth-order valence-electron chi connectivity index (χ4n) is 2.93. The minimum absolute atomic E-state index is 0.0119. The summed E-state index contributed by atoms with van der Waals surface area (Å²) in [7, 11) is 0. The number of rotatable bonds is 3. The number of carbonyl (C=O) groups excluding carboxylic acids is 1. The molecule has 0 aromatic carbocycles. The van der Waals surface area contributed by atoms with Crippen molar-refractivity contribution in [2.75, 3.05) is 0 Å². The zero-order chi connectivity index (χ0) is 16.7. The van der Waals surface area contributed by atoms with Gasteiger partial charge in [-0.1, -0.05) is 0 Å². The maximum Gasteiger partial charge on any atom is 0.306 e. The topological polar surface area (TPSA) is 101 Å². The number of aromatic nitrogens is 2. The molecule has 0 aliphatic heterocycles. The fraction of sp³-hybridized carbons (Fsp3) is 0.467. The number of carboxylic acids is 1. The zero-order valence-electron chi connectivity index (χ0n) is 12.8. The number of carboxylic acid groups (broad SMARTS) is 1. The van der Waals surface area contributed by atoms with E-state index in [1.165, 1.54) is 21.9 Å². The van der Waals surface area contributed by atoms with Crippen LogP contribution in [0.1, 0.15) is 40.2 Å². The molecule has 3 rings (SSSR count). The van der Waals surface area contributed by atoms with E-state index < -0.39 is 17.8 Å².